The topological polar surface area (TPSA) is 46.0 Å². The van der Waals surface area contributed by atoms with E-state index in [0.29, 0.717) is 6.54 Å². The Hall–Kier alpha value is -2.04. The summed E-state index contributed by atoms with van der Waals surface area (Å²) in [6.45, 7) is 0.668. The summed E-state index contributed by atoms with van der Waals surface area (Å²) in [6, 6.07) is 8.19. The lowest BCUT2D eigenvalue weighted by molar-refractivity contribution is 0.812. The average Bonchev–Trinajstić information content (AvgIpc) is 2.72. The summed E-state index contributed by atoms with van der Waals surface area (Å²) in [5.41, 5.74) is 2.26. The van der Waals surface area contributed by atoms with E-state index in [-0.39, 0.29) is 0 Å². The quantitative estimate of drug-likeness (QED) is 0.866. The van der Waals surface area contributed by atoms with Crippen molar-refractivity contribution in [1.82, 2.24) is 14.8 Å². The van der Waals surface area contributed by atoms with E-state index >= 15 is 0 Å². The molecule has 0 radical (unpaired) electrons. The van der Waals surface area contributed by atoms with E-state index in [1.54, 1.807) is 6.33 Å². The molecule has 2 aromatic rings. The summed E-state index contributed by atoms with van der Waals surface area (Å²) in [7, 11) is 6.00. The van der Waals surface area contributed by atoms with Crippen molar-refractivity contribution in [2.75, 3.05) is 24.3 Å². The molecule has 2 rings (SSSR count). The standard InChI is InChI=1S/C12H17N5/c1-16(2)11-7-5-4-6-10(11)13-8-12-15-14-9-17(12)3/h4-7,9,13H,8H2,1-3H3. The van der Waals surface area contributed by atoms with Crippen LogP contribution in [0.5, 0.6) is 0 Å². The van der Waals surface area contributed by atoms with E-state index in [0.717, 1.165) is 17.2 Å². The molecule has 0 aliphatic carbocycles. The molecule has 1 N–H and O–H groups in total. The highest BCUT2D eigenvalue weighted by Crippen LogP contribution is 2.23. The zero-order valence-corrected chi connectivity index (χ0v) is 10.4. The fourth-order valence-electron chi connectivity index (χ4n) is 1.65. The van der Waals surface area contributed by atoms with Gasteiger partial charge >= 0.3 is 0 Å². The summed E-state index contributed by atoms with van der Waals surface area (Å²) < 4.78 is 1.91. The van der Waals surface area contributed by atoms with E-state index in [1.165, 1.54) is 0 Å². The zero-order chi connectivity index (χ0) is 12.3. The number of para-hydroxylation sites is 2. The zero-order valence-electron chi connectivity index (χ0n) is 10.4. The van der Waals surface area contributed by atoms with E-state index < -0.39 is 0 Å². The maximum Gasteiger partial charge on any atom is 0.151 e. The summed E-state index contributed by atoms with van der Waals surface area (Å²) in [6.07, 6.45) is 1.70. The minimum absolute atomic E-state index is 0.668. The van der Waals surface area contributed by atoms with Gasteiger partial charge in [-0.15, -0.1) is 10.2 Å². The van der Waals surface area contributed by atoms with Crippen LogP contribution >= 0.6 is 0 Å². The first-order valence-electron chi connectivity index (χ1n) is 5.51. The molecule has 17 heavy (non-hydrogen) atoms. The van der Waals surface area contributed by atoms with Crippen molar-refractivity contribution in [3.63, 3.8) is 0 Å². The lowest BCUT2D eigenvalue weighted by atomic mass is 10.2. The first-order valence-corrected chi connectivity index (χ1v) is 5.51. The van der Waals surface area contributed by atoms with E-state index in [1.807, 2.05) is 37.8 Å². The molecule has 0 saturated heterocycles. The van der Waals surface area contributed by atoms with Crippen LogP contribution in [0.15, 0.2) is 30.6 Å². The number of rotatable bonds is 4. The van der Waals surface area contributed by atoms with Gasteiger partial charge < -0.3 is 14.8 Å². The van der Waals surface area contributed by atoms with Crippen molar-refractivity contribution in [3.8, 4) is 0 Å². The van der Waals surface area contributed by atoms with Gasteiger partial charge in [0.1, 0.15) is 6.33 Å². The van der Waals surface area contributed by atoms with Crippen LogP contribution in [-0.2, 0) is 13.6 Å². The Labute approximate surface area is 101 Å². The molecule has 0 saturated carbocycles. The Morgan fingerprint density at radius 2 is 2.06 bits per heavy atom. The third-order valence-electron chi connectivity index (χ3n) is 2.63. The predicted octanol–water partition coefficient (Wildman–Crippen LogP) is 1.49. The Morgan fingerprint density at radius 3 is 2.71 bits per heavy atom. The maximum absolute atomic E-state index is 4.04. The molecule has 5 heteroatoms. The summed E-state index contributed by atoms with van der Waals surface area (Å²) in [5, 5.41) is 11.3. The molecule has 1 aromatic carbocycles. The highest BCUT2D eigenvalue weighted by molar-refractivity contribution is 5.69. The highest BCUT2D eigenvalue weighted by atomic mass is 15.3. The lowest BCUT2D eigenvalue weighted by Gasteiger charge is -2.18. The minimum atomic E-state index is 0.668. The number of aryl methyl sites for hydroxylation is 1. The molecular formula is C12H17N5. The van der Waals surface area contributed by atoms with Crippen LogP contribution in [0, 0.1) is 0 Å². The first kappa shape index (κ1) is 11.4. The molecule has 0 unspecified atom stereocenters. The fraction of sp³-hybridized carbons (Fsp3) is 0.333. The van der Waals surface area contributed by atoms with Crippen molar-refractivity contribution < 1.29 is 0 Å². The normalized spacial score (nSPS) is 10.3. The number of nitrogens with one attached hydrogen (secondary N) is 1. The van der Waals surface area contributed by atoms with Crippen LogP contribution in [0.25, 0.3) is 0 Å². The van der Waals surface area contributed by atoms with Gasteiger partial charge in [-0.05, 0) is 12.1 Å². The van der Waals surface area contributed by atoms with Crippen molar-refractivity contribution in [2.24, 2.45) is 7.05 Å². The summed E-state index contributed by atoms with van der Waals surface area (Å²) in [5.74, 6) is 0.915. The molecule has 0 aliphatic heterocycles. The molecule has 0 atom stereocenters. The van der Waals surface area contributed by atoms with Crippen molar-refractivity contribution >= 4 is 11.4 Å². The smallest absolute Gasteiger partial charge is 0.151 e. The van der Waals surface area contributed by atoms with Gasteiger partial charge in [0.25, 0.3) is 0 Å². The summed E-state index contributed by atoms with van der Waals surface area (Å²) >= 11 is 0. The predicted molar refractivity (Wildman–Crippen MR) is 69.1 cm³/mol. The van der Waals surface area contributed by atoms with Gasteiger partial charge in [0.2, 0.25) is 0 Å². The third kappa shape index (κ3) is 2.55. The molecule has 1 heterocycles. The Balaban J connectivity index is 2.11. The number of benzene rings is 1. The monoisotopic (exact) mass is 231 g/mol. The van der Waals surface area contributed by atoms with Crippen LogP contribution in [-0.4, -0.2) is 28.9 Å². The van der Waals surface area contributed by atoms with Gasteiger partial charge in [0.15, 0.2) is 5.82 Å². The molecule has 1 aromatic heterocycles. The SMILES string of the molecule is CN(C)c1ccccc1NCc1nncn1C. The van der Waals surface area contributed by atoms with Crippen LogP contribution in [0.4, 0.5) is 11.4 Å². The average molecular weight is 231 g/mol. The van der Waals surface area contributed by atoms with E-state index in [2.05, 4.69) is 32.5 Å². The Kier molecular flexibility index (Phi) is 3.27. The molecule has 5 nitrogen and oxygen atoms in total. The van der Waals surface area contributed by atoms with E-state index in [4.69, 9.17) is 0 Å². The lowest BCUT2D eigenvalue weighted by Crippen LogP contribution is -2.13. The second-order valence-electron chi connectivity index (χ2n) is 4.12. The number of hydrogen-bond donors (Lipinski definition) is 1. The number of hydrogen-bond acceptors (Lipinski definition) is 4. The van der Waals surface area contributed by atoms with Gasteiger partial charge in [0.05, 0.1) is 17.9 Å². The van der Waals surface area contributed by atoms with Crippen molar-refractivity contribution in [1.29, 1.82) is 0 Å². The van der Waals surface area contributed by atoms with Crippen LogP contribution in [0.3, 0.4) is 0 Å². The number of anilines is 2. The van der Waals surface area contributed by atoms with Crippen molar-refractivity contribution in [2.45, 2.75) is 6.54 Å². The van der Waals surface area contributed by atoms with Gasteiger partial charge in [-0.2, -0.15) is 0 Å². The second-order valence-corrected chi connectivity index (χ2v) is 4.12. The van der Waals surface area contributed by atoms with Gasteiger partial charge in [-0.1, -0.05) is 12.1 Å². The van der Waals surface area contributed by atoms with Crippen molar-refractivity contribution in [3.05, 3.63) is 36.4 Å². The summed E-state index contributed by atoms with van der Waals surface area (Å²) in [4.78, 5) is 2.08. The number of nitrogens with zero attached hydrogens (tertiary/aromatic N) is 4. The molecule has 0 fully saturated rings. The third-order valence-corrected chi connectivity index (χ3v) is 2.63. The molecular weight excluding hydrogens is 214 g/mol. The number of aromatic nitrogens is 3. The molecule has 0 bridgehead atoms. The van der Waals surface area contributed by atoms with E-state index in [9.17, 15) is 0 Å². The molecule has 0 spiro atoms. The Morgan fingerprint density at radius 1 is 1.29 bits per heavy atom. The van der Waals surface area contributed by atoms with Gasteiger partial charge in [-0.3, -0.25) is 0 Å². The van der Waals surface area contributed by atoms with Gasteiger partial charge in [-0.25, -0.2) is 0 Å². The van der Waals surface area contributed by atoms with Crippen LogP contribution < -0.4 is 10.2 Å². The molecule has 0 aliphatic rings. The first-order chi connectivity index (χ1) is 8.18. The largest absolute Gasteiger partial charge is 0.376 e. The Bertz CT molecular complexity index is 489. The van der Waals surface area contributed by atoms with Crippen LogP contribution in [0.1, 0.15) is 5.82 Å². The maximum atomic E-state index is 4.04. The highest BCUT2D eigenvalue weighted by Gasteiger charge is 2.05. The van der Waals surface area contributed by atoms with Gasteiger partial charge in [0, 0.05) is 21.1 Å². The molecule has 90 valence electrons. The second kappa shape index (κ2) is 4.86. The fourth-order valence-corrected chi connectivity index (χ4v) is 1.65. The minimum Gasteiger partial charge on any atom is -0.376 e. The van der Waals surface area contributed by atoms with Crippen LogP contribution in [0.2, 0.25) is 0 Å². The molecule has 0 amide bonds.